The first-order valence-corrected chi connectivity index (χ1v) is 7.51. The van der Waals surface area contributed by atoms with Gasteiger partial charge in [0.25, 0.3) is 0 Å². The first kappa shape index (κ1) is 15.8. The standard InChI is InChI=1S/C19H18N2O3/c1-21(2)16-9-7-13(8-10-16)18-12-17(20-24-18)14-5-4-6-15(11-14)19(22)23-3/h4-12H,1-3H3. The Balaban J connectivity index is 1.89. The van der Waals surface area contributed by atoms with E-state index in [9.17, 15) is 4.79 Å². The van der Waals surface area contributed by atoms with Gasteiger partial charge < -0.3 is 14.2 Å². The van der Waals surface area contributed by atoms with Crippen LogP contribution in [0.5, 0.6) is 0 Å². The smallest absolute Gasteiger partial charge is 0.337 e. The van der Waals surface area contributed by atoms with Crippen molar-refractivity contribution in [2.45, 2.75) is 0 Å². The van der Waals surface area contributed by atoms with E-state index in [0.29, 0.717) is 17.0 Å². The van der Waals surface area contributed by atoms with Gasteiger partial charge >= 0.3 is 5.97 Å². The highest BCUT2D eigenvalue weighted by atomic mass is 16.5. The van der Waals surface area contributed by atoms with E-state index in [-0.39, 0.29) is 5.97 Å². The topological polar surface area (TPSA) is 55.6 Å². The van der Waals surface area contributed by atoms with Gasteiger partial charge in [-0.25, -0.2) is 4.79 Å². The Morgan fingerprint density at radius 2 is 1.79 bits per heavy atom. The first-order valence-electron chi connectivity index (χ1n) is 7.51. The van der Waals surface area contributed by atoms with E-state index in [1.807, 2.05) is 55.4 Å². The van der Waals surface area contributed by atoms with Crippen molar-refractivity contribution in [3.8, 4) is 22.6 Å². The molecule has 3 rings (SSSR count). The Morgan fingerprint density at radius 1 is 1.04 bits per heavy atom. The fourth-order valence-electron chi connectivity index (χ4n) is 2.39. The molecule has 0 aliphatic carbocycles. The molecule has 0 radical (unpaired) electrons. The van der Waals surface area contributed by atoms with Crippen LogP contribution in [0.4, 0.5) is 5.69 Å². The normalized spacial score (nSPS) is 10.5. The summed E-state index contributed by atoms with van der Waals surface area (Å²) in [6.45, 7) is 0. The monoisotopic (exact) mass is 322 g/mol. The van der Waals surface area contributed by atoms with Gasteiger partial charge in [0, 0.05) is 37.0 Å². The highest BCUT2D eigenvalue weighted by Crippen LogP contribution is 2.27. The fraction of sp³-hybridized carbons (Fsp3) is 0.158. The molecule has 1 heterocycles. The van der Waals surface area contributed by atoms with Crippen LogP contribution in [0.1, 0.15) is 10.4 Å². The molecule has 122 valence electrons. The zero-order valence-electron chi connectivity index (χ0n) is 13.8. The van der Waals surface area contributed by atoms with Crippen molar-refractivity contribution in [1.82, 2.24) is 5.16 Å². The molecule has 0 unspecified atom stereocenters. The molecular formula is C19H18N2O3. The zero-order chi connectivity index (χ0) is 17.1. The molecule has 0 atom stereocenters. The average Bonchev–Trinajstić information content (AvgIpc) is 3.11. The Hall–Kier alpha value is -3.08. The maximum atomic E-state index is 11.6. The third-order valence-corrected chi connectivity index (χ3v) is 3.76. The summed E-state index contributed by atoms with van der Waals surface area (Å²) in [6.07, 6.45) is 0. The quantitative estimate of drug-likeness (QED) is 0.683. The van der Waals surface area contributed by atoms with E-state index in [0.717, 1.165) is 16.8 Å². The molecule has 0 aliphatic rings. The summed E-state index contributed by atoms with van der Waals surface area (Å²) in [7, 11) is 5.35. The van der Waals surface area contributed by atoms with Crippen molar-refractivity contribution in [2.24, 2.45) is 0 Å². The van der Waals surface area contributed by atoms with Crippen LogP contribution in [-0.2, 0) is 4.74 Å². The lowest BCUT2D eigenvalue weighted by atomic mass is 10.1. The van der Waals surface area contributed by atoms with Crippen molar-refractivity contribution in [2.75, 3.05) is 26.1 Å². The molecule has 0 spiro atoms. The summed E-state index contributed by atoms with van der Waals surface area (Å²) in [5.41, 5.74) is 4.02. The maximum Gasteiger partial charge on any atom is 0.337 e. The van der Waals surface area contributed by atoms with Crippen LogP contribution < -0.4 is 4.90 Å². The lowest BCUT2D eigenvalue weighted by molar-refractivity contribution is 0.0601. The fourth-order valence-corrected chi connectivity index (χ4v) is 2.39. The predicted molar refractivity (Wildman–Crippen MR) is 93.0 cm³/mol. The number of hydrogen-bond acceptors (Lipinski definition) is 5. The molecule has 0 N–H and O–H groups in total. The third kappa shape index (κ3) is 3.15. The maximum absolute atomic E-state index is 11.6. The largest absolute Gasteiger partial charge is 0.465 e. The van der Waals surface area contributed by atoms with Gasteiger partial charge in [-0.3, -0.25) is 0 Å². The lowest BCUT2D eigenvalue weighted by Gasteiger charge is -2.11. The van der Waals surface area contributed by atoms with Crippen LogP contribution in [-0.4, -0.2) is 32.3 Å². The van der Waals surface area contributed by atoms with E-state index in [2.05, 4.69) is 5.16 Å². The lowest BCUT2D eigenvalue weighted by Crippen LogP contribution is -2.07. The molecule has 0 bridgehead atoms. The highest BCUT2D eigenvalue weighted by molar-refractivity contribution is 5.90. The minimum absolute atomic E-state index is 0.375. The first-order chi connectivity index (χ1) is 11.6. The van der Waals surface area contributed by atoms with Crippen molar-refractivity contribution < 1.29 is 14.1 Å². The van der Waals surface area contributed by atoms with Gasteiger partial charge in [-0.15, -0.1) is 0 Å². The number of rotatable bonds is 4. The SMILES string of the molecule is COC(=O)c1cccc(-c2cc(-c3ccc(N(C)C)cc3)on2)c1. The number of aromatic nitrogens is 1. The number of methoxy groups -OCH3 is 1. The van der Waals surface area contributed by atoms with Gasteiger partial charge in [-0.1, -0.05) is 17.3 Å². The molecule has 0 saturated heterocycles. The molecule has 0 saturated carbocycles. The summed E-state index contributed by atoms with van der Waals surface area (Å²) >= 11 is 0. The van der Waals surface area contributed by atoms with Gasteiger partial charge in [0.2, 0.25) is 0 Å². The molecule has 3 aromatic rings. The predicted octanol–water partition coefficient (Wildman–Crippen LogP) is 3.86. The molecule has 0 amide bonds. The summed E-state index contributed by atoms with van der Waals surface area (Å²) in [5, 5.41) is 4.11. The van der Waals surface area contributed by atoms with Gasteiger partial charge in [-0.05, 0) is 36.4 Å². The molecule has 2 aromatic carbocycles. The third-order valence-electron chi connectivity index (χ3n) is 3.76. The van der Waals surface area contributed by atoms with Gasteiger partial charge in [0.1, 0.15) is 5.69 Å². The molecule has 0 fully saturated rings. The van der Waals surface area contributed by atoms with Crippen LogP contribution in [0.2, 0.25) is 0 Å². The number of anilines is 1. The number of esters is 1. The highest BCUT2D eigenvalue weighted by Gasteiger charge is 2.11. The average molecular weight is 322 g/mol. The van der Waals surface area contributed by atoms with Crippen molar-refractivity contribution in [1.29, 1.82) is 0 Å². The summed E-state index contributed by atoms with van der Waals surface area (Å²) in [6, 6.07) is 17.0. The Morgan fingerprint density at radius 3 is 2.46 bits per heavy atom. The van der Waals surface area contributed by atoms with Crippen LogP contribution in [0.15, 0.2) is 59.1 Å². The zero-order valence-corrected chi connectivity index (χ0v) is 13.8. The van der Waals surface area contributed by atoms with Crippen LogP contribution in [0, 0.1) is 0 Å². The van der Waals surface area contributed by atoms with Crippen LogP contribution in [0.3, 0.4) is 0 Å². The summed E-state index contributed by atoms with van der Waals surface area (Å²) in [4.78, 5) is 13.7. The van der Waals surface area contributed by atoms with Gasteiger partial charge in [0.05, 0.1) is 12.7 Å². The van der Waals surface area contributed by atoms with E-state index >= 15 is 0 Å². The molecule has 24 heavy (non-hydrogen) atoms. The molecule has 0 aliphatic heterocycles. The van der Waals surface area contributed by atoms with E-state index in [1.165, 1.54) is 7.11 Å². The van der Waals surface area contributed by atoms with E-state index < -0.39 is 0 Å². The minimum Gasteiger partial charge on any atom is -0.465 e. The molecule has 1 aromatic heterocycles. The van der Waals surface area contributed by atoms with Crippen molar-refractivity contribution in [3.63, 3.8) is 0 Å². The van der Waals surface area contributed by atoms with Crippen molar-refractivity contribution in [3.05, 3.63) is 60.2 Å². The molecule has 5 heteroatoms. The number of benzene rings is 2. The number of hydrogen-bond donors (Lipinski definition) is 0. The second-order valence-corrected chi connectivity index (χ2v) is 5.59. The van der Waals surface area contributed by atoms with Gasteiger partial charge in [0.15, 0.2) is 5.76 Å². The molecule has 5 nitrogen and oxygen atoms in total. The molecular weight excluding hydrogens is 304 g/mol. The Labute approximate surface area is 140 Å². The Bertz CT molecular complexity index is 851. The van der Waals surface area contributed by atoms with Crippen LogP contribution in [0.25, 0.3) is 22.6 Å². The summed E-state index contributed by atoms with van der Waals surface area (Å²) < 4.78 is 10.2. The number of carbonyl (C=O) groups excluding carboxylic acids is 1. The number of nitrogens with zero attached hydrogens (tertiary/aromatic N) is 2. The second kappa shape index (κ2) is 6.58. The van der Waals surface area contributed by atoms with Gasteiger partial charge in [-0.2, -0.15) is 0 Å². The second-order valence-electron chi connectivity index (χ2n) is 5.59. The van der Waals surface area contributed by atoms with E-state index in [4.69, 9.17) is 9.26 Å². The number of carbonyl (C=O) groups is 1. The number of ether oxygens (including phenoxy) is 1. The summed E-state index contributed by atoms with van der Waals surface area (Å²) in [5.74, 6) is 0.304. The minimum atomic E-state index is -0.375. The van der Waals surface area contributed by atoms with Crippen LogP contribution >= 0.6 is 0 Å². The van der Waals surface area contributed by atoms with E-state index in [1.54, 1.807) is 18.2 Å². The van der Waals surface area contributed by atoms with Crippen molar-refractivity contribution >= 4 is 11.7 Å². The Kier molecular flexibility index (Phi) is 4.33.